The van der Waals surface area contributed by atoms with E-state index in [2.05, 4.69) is 49.1 Å². The van der Waals surface area contributed by atoms with Crippen LogP contribution < -0.4 is 48.3 Å². The van der Waals surface area contributed by atoms with Gasteiger partial charge in [0, 0.05) is 24.9 Å². The van der Waals surface area contributed by atoms with Crippen molar-refractivity contribution in [2.24, 2.45) is 52.6 Å². The third kappa shape index (κ3) is 20.5. The molecule has 14 atom stereocenters. The molecule has 23 heteroatoms. The Bertz CT molecular complexity index is 2440. The first kappa shape index (κ1) is 72.6. The highest BCUT2D eigenvalue weighted by molar-refractivity contribution is 5.99. The van der Waals surface area contributed by atoms with Crippen LogP contribution in [0.2, 0.25) is 0 Å². The first-order valence-corrected chi connectivity index (χ1v) is 30.6. The maximum atomic E-state index is 15.3. The molecule has 23 nitrogen and oxygen atoms in total. The van der Waals surface area contributed by atoms with Crippen LogP contribution in [0.15, 0.2) is 37.0 Å². The lowest BCUT2D eigenvalue weighted by Crippen LogP contribution is -2.62. The Kier molecular flexibility index (Phi) is 28.5. The summed E-state index contributed by atoms with van der Waals surface area (Å²) < 4.78 is 5.87. The van der Waals surface area contributed by atoms with Crippen molar-refractivity contribution in [1.82, 2.24) is 52.3 Å². The van der Waals surface area contributed by atoms with Crippen LogP contribution in [-0.2, 0) is 57.5 Å². The van der Waals surface area contributed by atoms with Gasteiger partial charge in [-0.1, -0.05) is 113 Å². The van der Waals surface area contributed by atoms with Gasteiger partial charge in [-0.15, -0.1) is 6.58 Å². The van der Waals surface area contributed by atoms with E-state index in [4.69, 9.17) is 10.5 Å². The number of primary amides is 1. The number of amides is 11. The third-order valence-electron chi connectivity index (χ3n) is 16.7. The number of carbonyl (C=O) groups excluding carboxylic acids is 11. The van der Waals surface area contributed by atoms with E-state index in [1.807, 2.05) is 72.8 Å². The summed E-state index contributed by atoms with van der Waals surface area (Å²) >= 11 is 0. The topological polar surface area (TPSA) is 326 Å². The van der Waals surface area contributed by atoms with Gasteiger partial charge in [-0.25, -0.2) is 0 Å². The van der Waals surface area contributed by atoms with Crippen molar-refractivity contribution in [2.75, 3.05) is 20.2 Å². The number of allylic oxidation sites excluding steroid dienone is 2. The second kappa shape index (κ2) is 33.3. The van der Waals surface area contributed by atoms with Crippen molar-refractivity contribution in [2.45, 2.75) is 222 Å². The molecule has 2 aliphatic carbocycles. The number of ether oxygens (including phenoxy) is 1. The zero-order valence-corrected chi connectivity index (χ0v) is 53.4. The largest absolute Gasteiger partial charge is 0.372 e. The van der Waals surface area contributed by atoms with Crippen LogP contribution in [0.25, 0.3) is 0 Å². The van der Waals surface area contributed by atoms with Crippen LogP contribution in [0.3, 0.4) is 0 Å². The molecule has 0 aromatic heterocycles. The van der Waals surface area contributed by atoms with E-state index in [1.54, 1.807) is 41.5 Å². The Morgan fingerprint density at radius 1 is 0.776 bits per heavy atom. The Morgan fingerprint density at radius 3 is 1.89 bits per heavy atom. The monoisotopic (exact) mass is 1190 g/mol. The van der Waals surface area contributed by atoms with Gasteiger partial charge in [0.1, 0.15) is 54.4 Å². The molecule has 1 saturated heterocycles. The van der Waals surface area contributed by atoms with Gasteiger partial charge in [-0.3, -0.25) is 52.7 Å². The van der Waals surface area contributed by atoms with Crippen LogP contribution in [0.4, 0.5) is 0 Å². The molecule has 1 aliphatic heterocycles. The number of hydrogen-bond donors (Lipinski definition) is 9. The average Bonchev–Trinajstić information content (AvgIpc) is 2.90. The minimum Gasteiger partial charge on any atom is -0.372 e. The van der Waals surface area contributed by atoms with Crippen molar-refractivity contribution < 1.29 is 57.5 Å². The smallest absolute Gasteiger partial charge is 0.246 e. The van der Waals surface area contributed by atoms with Gasteiger partial charge in [0.05, 0.1) is 19.3 Å². The molecule has 11 amide bonds. The minimum atomic E-state index is -1.38. The second-order valence-corrected chi connectivity index (χ2v) is 25.1. The summed E-state index contributed by atoms with van der Waals surface area (Å²) in [6, 6.07) is -12.1. The number of nitrogens with two attached hydrogens (primary N) is 1. The van der Waals surface area contributed by atoms with E-state index >= 15 is 4.79 Å². The zero-order chi connectivity index (χ0) is 64.4. The first-order valence-electron chi connectivity index (χ1n) is 30.6. The molecule has 14 unspecified atom stereocenters. The lowest BCUT2D eigenvalue weighted by atomic mass is 9.78. The van der Waals surface area contributed by atoms with Gasteiger partial charge < -0.3 is 62.8 Å². The SMILES string of the molecule is C=CCOC(C)C1C(=O)NC(C(C)C)C(=O)NC(CC(C)C)C(=O)NC(C)C(=O)N(C(C)C(=O)NC(CC(C)C)C(N)=O)C(C2CC2CC)CCC(=O)NC(C(C)C)C(=O)NC(C2(C(C)CC=CC)C=C2)C(=O)NC(CC)C(=O)NCC(=O)N1C. The molecule has 2 fully saturated rings. The molecule has 85 heavy (non-hydrogen) atoms. The van der Waals surface area contributed by atoms with E-state index in [0.29, 0.717) is 19.3 Å². The molecule has 478 valence electrons. The van der Waals surface area contributed by atoms with Gasteiger partial charge in [-0.2, -0.15) is 0 Å². The summed E-state index contributed by atoms with van der Waals surface area (Å²) in [6.45, 7) is 29.2. The predicted octanol–water partition coefficient (Wildman–Crippen LogP) is 2.82. The first-order chi connectivity index (χ1) is 39.8. The van der Waals surface area contributed by atoms with E-state index in [1.165, 1.54) is 31.9 Å². The van der Waals surface area contributed by atoms with Crippen LogP contribution in [0, 0.1) is 46.8 Å². The van der Waals surface area contributed by atoms with Crippen molar-refractivity contribution in [1.29, 1.82) is 0 Å². The molecular weight excluding hydrogens is 1090 g/mol. The van der Waals surface area contributed by atoms with Crippen LogP contribution >= 0.6 is 0 Å². The molecule has 1 saturated carbocycles. The Balaban J connectivity index is 2.29. The fraction of sp³-hybridized carbons (Fsp3) is 0.726. The maximum absolute atomic E-state index is 15.3. The van der Waals surface area contributed by atoms with E-state index in [-0.39, 0.29) is 68.3 Å². The summed E-state index contributed by atoms with van der Waals surface area (Å²) in [5.41, 5.74) is 4.80. The fourth-order valence-electron chi connectivity index (χ4n) is 11.2. The van der Waals surface area contributed by atoms with Crippen molar-refractivity contribution in [3.8, 4) is 0 Å². The highest BCUT2D eigenvalue weighted by Gasteiger charge is 2.52. The number of likely N-dealkylation sites (N-methyl/N-ethyl adjacent to an activating group) is 1. The van der Waals surface area contributed by atoms with Crippen molar-refractivity contribution in [3.63, 3.8) is 0 Å². The lowest BCUT2D eigenvalue weighted by Gasteiger charge is -2.39. The number of nitrogens with one attached hydrogen (secondary N) is 8. The standard InChI is InChI=1S/C62H103N11O12/c1-18-22-23-37(13)62(26-27-62)52-60(83)66-43(21-4)55(78)64-32-48(75)72(17)51(40(16)85-28-19-2)59(82)70-50(36(11)12)57(80)68-45(30-34(7)8)56(79)65-38(14)61(84)73(39(15)54(77)67-44(53(63)76)29-33(5)6)46(42-31-41(42)20-3)24-25-47(74)69-49(35(9)10)58(81)71-52/h18-19,22,26-27,33-46,49-52H,2,20-21,23-25,28-32H2,1,3-17H3,(H2,63,76)(H,64,78)(H,65,79)(H,66,83)(H,67,77)(H,68,80)(H,69,74)(H,70,82)(H,71,81). The molecule has 0 bridgehead atoms. The van der Waals surface area contributed by atoms with Gasteiger partial charge >= 0.3 is 0 Å². The molecule has 3 aliphatic rings. The molecular formula is C62H103N11O12. The minimum absolute atomic E-state index is 0.00540. The fourth-order valence-corrected chi connectivity index (χ4v) is 11.2. The van der Waals surface area contributed by atoms with Crippen LogP contribution in [-0.4, -0.2) is 162 Å². The Labute approximate surface area is 504 Å². The van der Waals surface area contributed by atoms with Crippen LogP contribution in [0.5, 0.6) is 0 Å². The van der Waals surface area contributed by atoms with Crippen molar-refractivity contribution in [3.05, 3.63) is 37.0 Å². The average molecular weight is 1190 g/mol. The van der Waals surface area contributed by atoms with Gasteiger partial charge in [0.2, 0.25) is 65.0 Å². The summed E-state index contributed by atoms with van der Waals surface area (Å²) in [6.07, 6.45) is 9.94. The predicted molar refractivity (Wildman–Crippen MR) is 324 cm³/mol. The third-order valence-corrected chi connectivity index (χ3v) is 16.7. The van der Waals surface area contributed by atoms with E-state index < -0.39 is 155 Å². The normalized spacial score (nSPS) is 28.0. The van der Waals surface area contributed by atoms with Crippen molar-refractivity contribution >= 4 is 65.0 Å². The zero-order valence-electron chi connectivity index (χ0n) is 53.4. The van der Waals surface area contributed by atoms with E-state index in [0.717, 1.165) is 4.90 Å². The summed E-state index contributed by atoms with van der Waals surface area (Å²) in [7, 11) is 1.34. The molecule has 10 N–H and O–H groups in total. The molecule has 0 aromatic rings. The number of nitrogens with zero attached hydrogens (tertiary/aromatic N) is 2. The van der Waals surface area contributed by atoms with Gasteiger partial charge in [-0.05, 0) is 108 Å². The Morgan fingerprint density at radius 2 is 1.38 bits per heavy atom. The molecule has 3 rings (SSSR count). The number of rotatable bonds is 21. The Hall–Kier alpha value is -6.65. The molecule has 1 heterocycles. The quantitative estimate of drug-likeness (QED) is 0.0750. The molecule has 0 spiro atoms. The summed E-state index contributed by atoms with van der Waals surface area (Å²) in [4.78, 5) is 160. The lowest BCUT2D eigenvalue weighted by molar-refractivity contribution is -0.147. The van der Waals surface area contributed by atoms with Crippen LogP contribution in [0.1, 0.15) is 155 Å². The molecule has 0 aromatic carbocycles. The highest BCUT2D eigenvalue weighted by atomic mass is 16.5. The number of carbonyl (C=O) groups is 11. The summed E-state index contributed by atoms with van der Waals surface area (Å²) in [5.74, 6) is -9.53. The van der Waals surface area contributed by atoms with Gasteiger partial charge in [0.15, 0.2) is 0 Å². The van der Waals surface area contributed by atoms with E-state index in [9.17, 15) is 47.9 Å². The molecule has 0 radical (unpaired) electrons. The second-order valence-electron chi connectivity index (χ2n) is 25.1. The highest BCUT2D eigenvalue weighted by Crippen LogP contribution is 2.48. The number of hydrogen-bond acceptors (Lipinski definition) is 12. The summed E-state index contributed by atoms with van der Waals surface area (Å²) in [5, 5.41) is 22.3. The maximum Gasteiger partial charge on any atom is 0.246 e. The van der Waals surface area contributed by atoms with Gasteiger partial charge in [0.25, 0.3) is 0 Å².